The fourth-order valence-electron chi connectivity index (χ4n) is 2.85. The minimum atomic E-state index is 0.602. The molecular weight excluding hydrogens is 254 g/mol. The molecule has 1 aliphatic rings. The van der Waals surface area contributed by atoms with E-state index in [2.05, 4.69) is 45.8 Å². The van der Waals surface area contributed by atoms with Crippen LogP contribution in [0.15, 0.2) is 36.5 Å². The van der Waals surface area contributed by atoms with E-state index in [9.17, 15) is 0 Å². The van der Waals surface area contributed by atoms with Crippen molar-refractivity contribution in [3.05, 3.63) is 41.3 Å². The molecule has 0 spiro atoms. The van der Waals surface area contributed by atoms with E-state index >= 15 is 0 Å². The minimum absolute atomic E-state index is 0.602. The lowest BCUT2D eigenvalue weighted by Gasteiger charge is -2.21. The first-order chi connectivity index (χ1) is 9.25. The topological polar surface area (TPSA) is 24.0 Å². The third-order valence-electron chi connectivity index (χ3n) is 4.00. The standard InChI is InChI=1S/C15H19N3S/c1-17-9-5-8-13(17)11-18-14(10-16-15(18)19)12-6-3-2-4-7-12/h2-4,6-7,10,13H,5,8-9,11H2,1H3,(H,16,19). The SMILES string of the molecule is CN1CCCC1Cn1c(-c2ccccc2)c[nH]c1=S. The van der Waals surface area contributed by atoms with Crippen molar-refractivity contribution in [2.24, 2.45) is 0 Å². The fraction of sp³-hybridized carbons (Fsp3) is 0.400. The predicted octanol–water partition coefficient (Wildman–Crippen LogP) is 3.31. The Morgan fingerprint density at radius 3 is 2.79 bits per heavy atom. The molecule has 0 bridgehead atoms. The highest BCUT2D eigenvalue weighted by molar-refractivity contribution is 7.71. The highest BCUT2D eigenvalue weighted by Gasteiger charge is 2.22. The van der Waals surface area contributed by atoms with Crippen LogP contribution in [0.5, 0.6) is 0 Å². The molecule has 1 aromatic carbocycles. The zero-order valence-electron chi connectivity index (χ0n) is 11.2. The van der Waals surface area contributed by atoms with Crippen molar-refractivity contribution in [2.75, 3.05) is 13.6 Å². The van der Waals surface area contributed by atoms with Gasteiger partial charge in [-0.3, -0.25) is 0 Å². The number of H-pyrrole nitrogens is 1. The molecule has 0 aliphatic carbocycles. The molecule has 2 heterocycles. The molecule has 1 atom stereocenters. The van der Waals surface area contributed by atoms with Gasteiger partial charge in [0, 0.05) is 18.8 Å². The van der Waals surface area contributed by atoms with Crippen LogP contribution in [0.2, 0.25) is 0 Å². The van der Waals surface area contributed by atoms with Crippen LogP contribution in [-0.4, -0.2) is 34.1 Å². The van der Waals surface area contributed by atoms with Crippen molar-refractivity contribution >= 4 is 12.2 Å². The Balaban J connectivity index is 1.93. The fourth-order valence-corrected chi connectivity index (χ4v) is 3.08. The average molecular weight is 273 g/mol. The summed E-state index contributed by atoms with van der Waals surface area (Å²) in [6.45, 7) is 2.17. The number of imidazole rings is 1. The molecule has 1 unspecified atom stereocenters. The molecule has 1 aromatic heterocycles. The second kappa shape index (κ2) is 5.31. The number of likely N-dealkylation sites (N-methyl/N-ethyl adjacent to an activating group) is 1. The molecule has 0 amide bonds. The van der Waals surface area contributed by atoms with Gasteiger partial charge in [0.2, 0.25) is 0 Å². The van der Waals surface area contributed by atoms with Crippen LogP contribution in [0.3, 0.4) is 0 Å². The summed E-state index contributed by atoms with van der Waals surface area (Å²) >= 11 is 5.43. The first-order valence-electron chi connectivity index (χ1n) is 6.79. The van der Waals surface area contributed by atoms with Gasteiger partial charge in [-0.05, 0) is 44.2 Å². The predicted molar refractivity (Wildman–Crippen MR) is 80.7 cm³/mol. The smallest absolute Gasteiger partial charge is 0.177 e. The van der Waals surface area contributed by atoms with E-state index in [1.54, 1.807) is 0 Å². The maximum Gasteiger partial charge on any atom is 0.177 e. The van der Waals surface area contributed by atoms with Crippen LogP contribution in [0.4, 0.5) is 0 Å². The number of benzene rings is 1. The summed E-state index contributed by atoms with van der Waals surface area (Å²) in [5, 5.41) is 0. The Labute approximate surface area is 118 Å². The number of hydrogen-bond donors (Lipinski definition) is 1. The van der Waals surface area contributed by atoms with Gasteiger partial charge in [0.05, 0.1) is 5.69 Å². The first-order valence-corrected chi connectivity index (χ1v) is 7.20. The third-order valence-corrected chi connectivity index (χ3v) is 4.34. The molecule has 3 nitrogen and oxygen atoms in total. The molecular formula is C15H19N3S. The summed E-state index contributed by atoms with van der Waals surface area (Å²) in [4.78, 5) is 5.62. The van der Waals surface area contributed by atoms with Crippen molar-refractivity contribution in [3.63, 3.8) is 0 Å². The minimum Gasteiger partial charge on any atom is -0.337 e. The summed E-state index contributed by atoms with van der Waals surface area (Å²) in [5.41, 5.74) is 2.40. The Kier molecular flexibility index (Phi) is 3.53. The van der Waals surface area contributed by atoms with E-state index in [-0.39, 0.29) is 0 Å². The van der Waals surface area contributed by atoms with Gasteiger partial charge < -0.3 is 14.5 Å². The van der Waals surface area contributed by atoms with Crippen molar-refractivity contribution in [3.8, 4) is 11.3 Å². The van der Waals surface area contributed by atoms with Crippen LogP contribution in [0.25, 0.3) is 11.3 Å². The number of aromatic amines is 1. The molecule has 1 N–H and O–H groups in total. The van der Waals surface area contributed by atoms with Gasteiger partial charge in [-0.1, -0.05) is 30.3 Å². The Morgan fingerprint density at radius 2 is 2.11 bits per heavy atom. The normalized spacial score (nSPS) is 19.9. The maximum absolute atomic E-state index is 5.43. The highest BCUT2D eigenvalue weighted by Crippen LogP contribution is 2.23. The van der Waals surface area contributed by atoms with Gasteiger partial charge in [-0.2, -0.15) is 0 Å². The molecule has 0 radical (unpaired) electrons. The lowest BCUT2D eigenvalue weighted by atomic mass is 10.1. The average Bonchev–Trinajstić information content (AvgIpc) is 2.99. The molecule has 0 saturated carbocycles. The zero-order valence-corrected chi connectivity index (χ0v) is 12.0. The van der Waals surface area contributed by atoms with Gasteiger partial charge in [-0.15, -0.1) is 0 Å². The van der Waals surface area contributed by atoms with Crippen molar-refractivity contribution < 1.29 is 0 Å². The molecule has 19 heavy (non-hydrogen) atoms. The van der Waals surface area contributed by atoms with Crippen LogP contribution < -0.4 is 0 Å². The zero-order chi connectivity index (χ0) is 13.2. The molecule has 1 saturated heterocycles. The lowest BCUT2D eigenvalue weighted by Crippen LogP contribution is -2.29. The van der Waals surface area contributed by atoms with Gasteiger partial charge in [0.15, 0.2) is 4.77 Å². The van der Waals surface area contributed by atoms with Gasteiger partial charge in [0.1, 0.15) is 0 Å². The van der Waals surface area contributed by atoms with Gasteiger partial charge >= 0.3 is 0 Å². The van der Waals surface area contributed by atoms with Crippen LogP contribution >= 0.6 is 12.2 Å². The number of nitrogens with zero attached hydrogens (tertiary/aromatic N) is 2. The second-order valence-corrected chi connectivity index (χ2v) is 5.62. The number of rotatable bonds is 3. The van der Waals surface area contributed by atoms with Crippen LogP contribution in [-0.2, 0) is 6.54 Å². The summed E-state index contributed by atoms with van der Waals surface area (Å²) in [7, 11) is 2.20. The number of likely N-dealkylation sites (tertiary alicyclic amines) is 1. The van der Waals surface area contributed by atoms with E-state index in [1.165, 1.54) is 30.6 Å². The van der Waals surface area contributed by atoms with Crippen molar-refractivity contribution in [1.82, 2.24) is 14.5 Å². The molecule has 4 heteroatoms. The van der Waals surface area contributed by atoms with E-state index in [0.29, 0.717) is 6.04 Å². The number of nitrogens with one attached hydrogen (secondary N) is 1. The summed E-state index contributed by atoms with van der Waals surface area (Å²) in [6, 6.07) is 11.0. The summed E-state index contributed by atoms with van der Waals surface area (Å²) in [6.07, 6.45) is 4.57. The van der Waals surface area contributed by atoms with Crippen molar-refractivity contribution in [2.45, 2.75) is 25.4 Å². The second-order valence-electron chi connectivity index (χ2n) is 5.23. The van der Waals surface area contributed by atoms with Crippen LogP contribution in [0, 0.1) is 4.77 Å². The van der Waals surface area contributed by atoms with Crippen LogP contribution in [0.1, 0.15) is 12.8 Å². The van der Waals surface area contributed by atoms with Gasteiger partial charge in [-0.25, -0.2) is 0 Å². The summed E-state index contributed by atoms with van der Waals surface area (Å²) in [5.74, 6) is 0. The lowest BCUT2D eigenvalue weighted by molar-refractivity contribution is 0.282. The number of hydrogen-bond acceptors (Lipinski definition) is 2. The molecule has 2 aromatic rings. The van der Waals surface area contributed by atoms with E-state index in [0.717, 1.165) is 11.3 Å². The monoisotopic (exact) mass is 273 g/mol. The Morgan fingerprint density at radius 1 is 1.32 bits per heavy atom. The van der Waals surface area contributed by atoms with E-state index < -0.39 is 0 Å². The largest absolute Gasteiger partial charge is 0.337 e. The Bertz CT molecular complexity index is 599. The Hall–Kier alpha value is -1.39. The quantitative estimate of drug-likeness (QED) is 0.868. The van der Waals surface area contributed by atoms with E-state index in [4.69, 9.17) is 12.2 Å². The van der Waals surface area contributed by atoms with E-state index in [1.807, 2.05) is 12.3 Å². The summed E-state index contributed by atoms with van der Waals surface area (Å²) < 4.78 is 3.05. The first kappa shape index (κ1) is 12.6. The molecule has 1 aliphatic heterocycles. The number of aromatic nitrogens is 2. The highest BCUT2D eigenvalue weighted by atomic mass is 32.1. The molecule has 100 valence electrons. The van der Waals surface area contributed by atoms with Gasteiger partial charge in [0.25, 0.3) is 0 Å². The third kappa shape index (κ3) is 2.51. The molecule has 3 rings (SSSR count). The molecule has 1 fully saturated rings. The maximum atomic E-state index is 5.43. The van der Waals surface area contributed by atoms with Crippen molar-refractivity contribution in [1.29, 1.82) is 0 Å².